The average molecular weight is 245 g/mol. The molecule has 5 heteroatoms. The maximum absolute atomic E-state index is 11.4. The van der Waals surface area contributed by atoms with E-state index in [0.717, 1.165) is 0 Å². The highest BCUT2D eigenvalue weighted by molar-refractivity contribution is 6.04. The van der Waals surface area contributed by atoms with E-state index in [0.29, 0.717) is 11.1 Å². The summed E-state index contributed by atoms with van der Waals surface area (Å²) in [5, 5.41) is 9.10. The molecule has 2 rings (SSSR count). The van der Waals surface area contributed by atoms with Crippen molar-refractivity contribution in [2.75, 3.05) is 0 Å². The summed E-state index contributed by atoms with van der Waals surface area (Å²) in [6.07, 6.45) is 1.54. The van der Waals surface area contributed by atoms with E-state index >= 15 is 0 Å². The maximum Gasteiger partial charge on any atom is 0.337 e. The Balaban J connectivity index is 2.83. The Hall–Kier alpha value is -2.43. The SMILES string of the molecule is CC(=O)c1ccn2c(C(C)=O)cc(C(=O)O)c2c1. The lowest BCUT2D eigenvalue weighted by Gasteiger charge is -2.01. The molecule has 18 heavy (non-hydrogen) atoms. The van der Waals surface area contributed by atoms with Gasteiger partial charge < -0.3 is 9.51 Å². The van der Waals surface area contributed by atoms with Crippen LogP contribution in [0.15, 0.2) is 24.4 Å². The predicted octanol–water partition coefficient (Wildman–Crippen LogP) is 2.04. The van der Waals surface area contributed by atoms with Gasteiger partial charge in [0.15, 0.2) is 11.6 Å². The number of Topliss-reactive ketones (excluding diaryl/α,β-unsaturated/α-hetero) is 2. The van der Waals surface area contributed by atoms with Gasteiger partial charge in [-0.15, -0.1) is 0 Å². The Labute approximate surface area is 103 Å². The van der Waals surface area contributed by atoms with E-state index in [1.54, 1.807) is 6.07 Å². The maximum atomic E-state index is 11.4. The van der Waals surface area contributed by atoms with Crippen LogP contribution in [0.1, 0.15) is 45.1 Å². The van der Waals surface area contributed by atoms with E-state index < -0.39 is 5.97 Å². The zero-order valence-electron chi connectivity index (χ0n) is 9.93. The van der Waals surface area contributed by atoms with Crippen molar-refractivity contribution in [2.45, 2.75) is 13.8 Å². The first-order valence-electron chi connectivity index (χ1n) is 5.32. The zero-order valence-corrected chi connectivity index (χ0v) is 9.93. The number of pyridine rings is 1. The molecular formula is C13H11NO4. The fourth-order valence-corrected chi connectivity index (χ4v) is 1.86. The van der Waals surface area contributed by atoms with Gasteiger partial charge in [0.1, 0.15) is 0 Å². The number of rotatable bonds is 3. The second kappa shape index (κ2) is 4.10. The average Bonchev–Trinajstić information content (AvgIpc) is 2.67. The van der Waals surface area contributed by atoms with Gasteiger partial charge in [0.25, 0.3) is 0 Å². The van der Waals surface area contributed by atoms with Crippen LogP contribution in [0.3, 0.4) is 0 Å². The fourth-order valence-electron chi connectivity index (χ4n) is 1.86. The molecule has 92 valence electrons. The van der Waals surface area contributed by atoms with Crippen LogP contribution in [0.4, 0.5) is 0 Å². The van der Waals surface area contributed by atoms with E-state index in [2.05, 4.69) is 0 Å². The summed E-state index contributed by atoms with van der Waals surface area (Å²) in [5.74, 6) is -1.51. The third kappa shape index (κ3) is 1.79. The quantitative estimate of drug-likeness (QED) is 0.839. The molecule has 2 aromatic rings. The van der Waals surface area contributed by atoms with Gasteiger partial charge in [0, 0.05) is 18.7 Å². The molecule has 0 saturated carbocycles. The van der Waals surface area contributed by atoms with Crippen LogP contribution in [0.25, 0.3) is 5.52 Å². The second-order valence-electron chi connectivity index (χ2n) is 4.03. The minimum Gasteiger partial charge on any atom is -0.478 e. The largest absolute Gasteiger partial charge is 0.478 e. The fraction of sp³-hybridized carbons (Fsp3) is 0.154. The van der Waals surface area contributed by atoms with Crippen molar-refractivity contribution in [1.29, 1.82) is 0 Å². The third-order valence-electron chi connectivity index (χ3n) is 2.77. The highest BCUT2D eigenvalue weighted by Crippen LogP contribution is 2.19. The van der Waals surface area contributed by atoms with E-state index in [1.165, 1.54) is 36.6 Å². The van der Waals surface area contributed by atoms with Gasteiger partial charge in [-0.1, -0.05) is 0 Å². The molecule has 0 atom stereocenters. The van der Waals surface area contributed by atoms with Crippen molar-refractivity contribution in [3.63, 3.8) is 0 Å². The van der Waals surface area contributed by atoms with Gasteiger partial charge in [-0.3, -0.25) is 9.59 Å². The van der Waals surface area contributed by atoms with Crippen molar-refractivity contribution in [3.8, 4) is 0 Å². The Kier molecular flexibility index (Phi) is 2.74. The minimum absolute atomic E-state index is 0.0169. The number of carbonyl (C=O) groups is 3. The van der Waals surface area contributed by atoms with Gasteiger partial charge in [-0.05, 0) is 25.1 Å². The number of hydrogen-bond donors (Lipinski definition) is 1. The number of fused-ring (bicyclic) bond motifs is 1. The first-order valence-corrected chi connectivity index (χ1v) is 5.32. The first kappa shape index (κ1) is 12.0. The van der Waals surface area contributed by atoms with Crippen molar-refractivity contribution >= 4 is 23.1 Å². The lowest BCUT2D eigenvalue weighted by atomic mass is 10.1. The lowest BCUT2D eigenvalue weighted by molar-refractivity contribution is 0.0698. The summed E-state index contributed by atoms with van der Waals surface area (Å²) in [6, 6.07) is 4.37. The molecular weight excluding hydrogens is 234 g/mol. The molecule has 0 aliphatic carbocycles. The van der Waals surface area contributed by atoms with Crippen LogP contribution < -0.4 is 0 Å². The van der Waals surface area contributed by atoms with E-state index in [1.807, 2.05) is 0 Å². The van der Waals surface area contributed by atoms with E-state index in [9.17, 15) is 14.4 Å². The molecule has 0 spiro atoms. The smallest absolute Gasteiger partial charge is 0.337 e. The van der Waals surface area contributed by atoms with E-state index in [-0.39, 0.29) is 22.8 Å². The second-order valence-corrected chi connectivity index (χ2v) is 4.03. The summed E-state index contributed by atoms with van der Waals surface area (Å²) in [5.41, 5.74) is 1.07. The Morgan fingerprint density at radius 3 is 2.28 bits per heavy atom. The molecule has 0 unspecified atom stereocenters. The van der Waals surface area contributed by atoms with Gasteiger partial charge in [0.05, 0.1) is 16.8 Å². The van der Waals surface area contributed by atoms with Crippen LogP contribution in [0.5, 0.6) is 0 Å². The summed E-state index contributed by atoms with van der Waals surface area (Å²) in [6.45, 7) is 2.77. The molecule has 0 aliphatic heterocycles. The number of carboxylic acid groups (broad SMARTS) is 1. The van der Waals surface area contributed by atoms with Gasteiger partial charge in [-0.25, -0.2) is 4.79 Å². The predicted molar refractivity (Wildman–Crippen MR) is 64.4 cm³/mol. The summed E-state index contributed by atoms with van der Waals surface area (Å²) in [4.78, 5) is 33.8. The third-order valence-corrected chi connectivity index (χ3v) is 2.77. The van der Waals surface area contributed by atoms with Crippen LogP contribution in [-0.2, 0) is 0 Å². The highest BCUT2D eigenvalue weighted by Gasteiger charge is 2.17. The van der Waals surface area contributed by atoms with Crippen LogP contribution in [-0.4, -0.2) is 27.0 Å². The monoisotopic (exact) mass is 245 g/mol. The minimum atomic E-state index is -1.12. The molecule has 0 bridgehead atoms. The molecule has 0 aliphatic rings. The summed E-state index contributed by atoms with van der Waals surface area (Å²) >= 11 is 0. The molecule has 5 nitrogen and oxygen atoms in total. The summed E-state index contributed by atoms with van der Waals surface area (Å²) in [7, 11) is 0. The van der Waals surface area contributed by atoms with E-state index in [4.69, 9.17) is 5.11 Å². The Morgan fingerprint density at radius 2 is 1.78 bits per heavy atom. The standard InChI is InChI=1S/C13H11NO4/c1-7(15)9-3-4-14-11(8(2)16)6-10(13(17)18)12(14)5-9/h3-6H,1-2H3,(H,17,18). The van der Waals surface area contributed by atoms with Crippen molar-refractivity contribution in [3.05, 3.63) is 41.2 Å². The number of nitrogens with zero attached hydrogens (tertiary/aromatic N) is 1. The topological polar surface area (TPSA) is 75.8 Å². The number of hydrogen-bond acceptors (Lipinski definition) is 3. The molecule has 0 fully saturated rings. The molecule has 2 aromatic heterocycles. The van der Waals surface area contributed by atoms with Gasteiger partial charge >= 0.3 is 5.97 Å². The number of aromatic carboxylic acids is 1. The van der Waals surface area contributed by atoms with Crippen molar-refractivity contribution in [1.82, 2.24) is 4.40 Å². The number of carboxylic acids is 1. The zero-order chi connectivity index (χ0) is 13.4. The normalized spacial score (nSPS) is 10.6. The molecule has 0 aromatic carbocycles. The van der Waals surface area contributed by atoms with Gasteiger partial charge in [0.2, 0.25) is 0 Å². The summed E-state index contributed by atoms with van der Waals surface area (Å²) < 4.78 is 1.48. The van der Waals surface area contributed by atoms with Crippen molar-refractivity contribution in [2.24, 2.45) is 0 Å². The van der Waals surface area contributed by atoms with Crippen LogP contribution >= 0.6 is 0 Å². The molecule has 0 saturated heterocycles. The first-order chi connectivity index (χ1) is 8.41. The molecule has 2 heterocycles. The number of carbonyl (C=O) groups excluding carboxylic acids is 2. The number of ketones is 2. The number of aromatic nitrogens is 1. The van der Waals surface area contributed by atoms with Gasteiger partial charge in [-0.2, -0.15) is 0 Å². The molecule has 0 radical (unpaired) electrons. The molecule has 1 N–H and O–H groups in total. The Morgan fingerprint density at radius 1 is 1.11 bits per heavy atom. The lowest BCUT2D eigenvalue weighted by Crippen LogP contribution is -2.00. The van der Waals surface area contributed by atoms with Crippen LogP contribution in [0, 0.1) is 0 Å². The Bertz CT molecular complexity index is 682. The van der Waals surface area contributed by atoms with Crippen LogP contribution in [0.2, 0.25) is 0 Å². The molecule has 0 amide bonds. The highest BCUT2D eigenvalue weighted by atomic mass is 16.4. The van der Waals surface area contributed by atoms with Crippen molar-refractivity contribution < 1.29 is 19.5 Å².